The summed E-state index contributed by atoms with van der Waals surface area (Å²) < 4.78 is 67.5. The van der Waals surface area contributed by atoms with Crippen LogP contribution in [0.3, 0.4) is 0 Å². The predicted molar refractivity (Wildman–Crippen MR) is 150 cm³/mol. The number of carboxylic acid groups (broad SMARTS) is 1. The molecule has 0 aliphatic carbocycles. The second kappa shape index (κ2) is 15.5. The molecular weight excluding hydrogens is 595 g/mol. The Morgan fingerprint density at radius 3 is 2.40 bits per heavy atom. The van der Waals surface area contributed by atoms with Crippen LogP contribution in [0.15, 0.2) is 70.7 Å². The molecular formula is C27H28F3N5O7S. The molecule has 0 bridgehead atoms. The van der Waals surface area contributed by atoms with Crippen LogP contribution in [-0.4, -0.2) is 74.0 Å². The lowest BCUT2D eigenvalue weighted by Gasteiger charge is -2.16. The van der Waals surface area contributed by atoms with E-state index in [0.717, 1.165) is 34.9 Å². The number of nitrogens with one attached hydrogen (secondary N) is 2. The van der Waals surface area contributed by atoms with Crippen molar-refractivity contribution in [3.05, 3.63) is 71.8 Å². The normalized spacial score (nSPS) is 14.8. The summed E-state index contributed by atoms with van der Waals surface area (Å²) >= 11 is 0. The molecule has 1 amide bonds. The van der Waals surface area contributed by atoms with Crippen LogP contribution >= 0.6 is 0 Å². The maximum Gasteiger partial charge on any atom is 0.490 e. The minimum atomic E-state index is -5.08. The zero-order valence-corrected chi connectivity index (χ0v) is 23.7. The Balaban J connectivity index is 0.000000251. The zero-order valence-electron chi connectivity index (χ0n) is 22.9. The minimum absolute atomic E-state index is 0.0560. The number of carboxylic acids is 1. The number of likely N-dealkylation sites (tertiary alicyclic amines) is 1. The number of halogens is 3. The van der Waals surface area contributed by atoms with E-state index >= 15 is 0 Å². The SMILES string of the molecule is CN[C@H]1CCN(Cc2cccc(C=NNC#N)c2)C1=O.COc1ccc2cc(S(=O)(=O)O)ccc2c1.O=C(O)C(F)(F)F. The average Bonchev–Trinajstić information content (AvgIpc) is 3.31. The number of carbonyl (C=O) groups excluding carboxylic acids is 1. The highest BCUT2D eigenvalue weighted by atomic mass is 32.2. The fourth-order valence-corrected chi connectivity index (χ4v) is 4.30. The monoisotopic (exact) mass is 623 g/mol. The van der Waals surface area contributed by atoms with Gasteiger partial charge in [-0.2, -0.15) is 32.0 Å². The molecule has 4 N–H and O–H groups in total. The Labute approximate surface area is 245 Å². The fourth-order valence-electron chi connectivity index (χ4n) is 3.78. The first kappa shape index (κ1) is 34.5. The lowest BCUT2D eigenvalue weighted by Crippen LogP contribution is -2.35. The quantitative estimate of drug-likeness (QED) is 0.100. The van der Waals surface area contributed by atoms with Crippen molar-refractivity contribution in [2.75, 3.05) is 20.7 Å². The molecule has 0 radical (unpaired) electrons. The van der Waals surface area contributed by atoms with E-state index in [1.165, 1.54) is 12.1 Å². The van der Waals surface area contributed by atoms with Gasteiger partial charge < -0.3 is 20.1 Å². The highest BCUT2D eigenvalue weighted by Crippen LogP contribution is 2.23. The molecule has 3 aromatic rings. The molecule has 1 saturated heterocycles. The zero-order chi connectivity index (χ0) is 32.2. The molecule has 43 heavy (non-hydrogen) atoms. The van der Waals surface area contributed by atoms with E-state index in [4.69, 9.17) is 24.5 Å². The molecule has 0 unspecified atom stereocenters. The lowest BCUT2D eigenvalue weighted by atomic mass is 10.1. The van der Waals surface area contributed by atoms with E-state index in [-0.39, 0.29) is 16.8 Å². The third-order valence-corrected chi connectivity index (χ3v) is 6.71. The largest absolute Gasteiger partial charge is 0.497 e. The predicted octanol–water partition coefficient (Wildman–Crippen LogP) is 3.14. The third-order valence-electron chi connectivity index (χ3n) is 5.86. The van der Waals surface area contributed by atoms with E-state index in [1.54, 1.807) is 43.8 Å². The van der Waals surface area contributed by atoms with Crippen LogP contribution < -0.4 is 15.5 Å². The van der Waals surface area contributed by atoms with Gasteiger partial charge in [-0.1, -0.05) is 30.3 Å². The summed E-state index contributed by atoms with van der Waals surface area (Å²) in [5.74, 6) is -1.91. The van der Waals surface area contributed by atoms with Gasteiger partial charge in [0, 0.05) is 13.1 Å². The van der Waals surface area contributed by atoms with E-state index in [9.17, 15) is 26.4 Å². The van der Waals surface area contributed by atoms with Gasteiger partial charge in [-0.05, 0) is 65.7 Å². The van der Waals surface area contributed by atoms with E-state index < -0.39 is 22.3 Å². The summed E-state index contributed by atoms with van der Waals surface area (Å²) in [5, 5.41) is 23.8. The van der Waals surface area contributed by atoms with Gasteiger partial charge in [-0.15, -0.1) is 0 Å². The Kier molecular flexibility index (Phi) is 12.4. The number of ether oxygens (including phenoxy) is 1. The summed E-state index contributed by atoms with van der Waals surface area (Å²) in [6.07, 6.45) is -0.935. The van der Waals surface area contributed by atoms with Crippen LogP contribution in [0, 0.1) is 11.5 Å². The van der Waals surface area contributed by atoms with Crippen molar-refractivity contribution < 1.29 is 45.6 Å². The lowest BCUT2D eigenvalue weighted by molar-refractivity contribution is -0.192. The number of nitrogens with zero attached hydrogens (tertiary/aromatic N) is 3. The molecule has 0 spiro atoms. The number of alkyl halides is 3. The Morgan fingerprint density at radius 2 is 1.84 bits per heavy atom. The molecule has 1 fully saturated rings. The van der Waals surface area contributed by atoms with Gasteiger partial charge in [0.15, 0.2) is 6.19 Å². The van der Waals surface area contributed by atoms with E-state index in [1.807, 2.05) is 36.2 Å². The van der Waals surface area contributed by atoms with Crippen LogP contribution in [0.25, 0.3) is 10.8 Å². The molecule has 0 saturated carbocycles. The van der Waals surface area contributed by atoms with E-state index in [0.29, 0.717) is 12.3 Å². The van der Waals surface area contributed by atoms with Gasteiger partial charge >= 0.3 is 12.1 Å². The topological polar surface area (TPSA) is 181 Å². The molecule has 16 heteroatoms. The van der Waals surface area contributed by atoms with Gasteiger partial charge in [0.2, 0.25) is 5.91 Å². The van der Waals surface area contributed by atoms with Gasteiger partial charge in [0.25, 0.3) is 10.1 Å². The minimum Gasteiger partial charge on any atom is -0.497 e. The summed E-state index contributed by atoms with van der Waals surface area (Å²) in [4.78, 5) is 22.7. The second-order valence-corrected chi connectivity index (χ2v) is 10.2. The summed E-state index contributed by atoms with van der Waals surface area (Å²) in [6.45, 7) is 1.38. The Bertz CT molecular complexity index is 1610. The maximum absolute atomic E-state index is 12.0. The highest BCUT2D eigenvalue weighted by Gasteiger charge is 2.38. The molecule has 1 heterocycles. The van der Waals surface area contributed by atoms with Crippen molar-refractivity contribution in [3.8, 4) is 11.9 Å². The molecule has 3 aromatic carbocycles. The van der Waals surface area contributed by atoms with Crippen LogP contribution in [0.5, 0.6) is 5.75 Å². The smallest absolute Gasteiger partial charge is 0.490 e. The number of likely N-dealkylation sites (N-methyl/N-ethyl adjacent to an activating group) is 1. The van der Waals surface area contributed by atoms with Crippen molar-refractivity contribution in [1.29, 1.82) is 5.26 Å². The highest BCUT2D eigenvalue weighted by molar-refractivity contribution is 7.85. The number of fused-ring (bicyclic) bond motifs is 1. The van der Waals surface area contributed by atoms with Gasteiger partial charge in [0.1, 0.15) is 5.75 Å². The van der Waals surface area contributed by atoms with Gasteiger partial charge in [0.05, 0.1) is 24.3 Å². The molecule has 12 nitrogen and oxygen atoms in total. The van der Waals surface area contributed by atoms with Crippen LogP contribution in [-0.2, 0) is 26.3 Å². The number of aliphatic carboxylic acids is 1. The number of hydrogen-bond donors (Lipinski definition) is 4. The van der Waals surface area contributed by atoms with Crippen molar-refractivity contribution in [2.24, 2.45) is 5.10 Å². The van der Waals surface area contributed by atoms with Crippen molar-refractivity contribution >= 4 is 39.0 Å². The Hall–Kier alpha value is -4.72. The molecule has 0 aromatic heterocycles. The van der Waals surface area contributed by atoms with E-state index in [2.05, 4.69) is 15.8 Å². The number of amides is 1. The number of benzene rings is 3. The number of carbonyl (C=O) groups is 2. The molecule has 1 aliphatic rings. The number of nitriles is 1. The third kappa shape index (κ3) is 10.9. The van der Waals surface area contributed by atoms with Crippen LogP contribution in [0.2, 0.25) is 0 Å². The molecule has 4 rings (SSSR count). The first-order valence-corrected chi connectivity index (χ1v) is 13.7. The van der Waals surface area contributed by atoms with Gasteiger partial charge in [-0.25, -0.2) is 10.2 Å². The number of rotatable bonds is 7. The number of hydrazone groups is 1. The maximum atomic E-state index is 12.0. The average molecular weight is 624 g/mol. The van der Waals surface area contributed by atoms with Crippen LogP contribution in [0.4, 0.5) is 13.2 Å². The molecule has 1 aliphatic heterocycles. The first-order chi connectivity index (χ1) is 20.2. The van der Waals surface area contributed by atoms with Crippen molar-refractivity contribution in [3.63, 3.8) is 0 Å². The second-order valence-electron chi connectivity index (χ2n) is 8.77. The summed E-state index contributed by atoms with van der Waals surface area (Å²) in [7, 11) is -0.767. The van der Waals surface area contributed by atoms with Crippen LogP contribution in [0.1, 0.15) is 17.5 Å². The summed E-state index contributed by atoms with van der Waals surface area (Å²) in [6, 6.07) is 17.4. The first-order valence-electron chi connectivity index (χ1n) is 12.3. The number of hydrogen-bond acceptors (Lipinski definition) is 9. The molecule has 230 valence electrons. The fraction of sp³-hybridized carbons (Fsp3) is 0.259. The molecule has 1 atom stereocenters. The standard InChI is InChI=1S/C14H17N5O.C11H10O4S.C2HF3O2/c1-16-13-5-6-19(14(13)20)9-12-4-2-3-11(7-12)8-17-18-10-15;1-15-10-4-2-9-7-11(16(12,13)14)5-3-8(9)6-10;3-2(4,5)1(6)7/h2-4,7-8,13,16,18H,5-6,9H2,1H3;2-7H,1H3,(H,12,13,14);(H,6,7)/t13-;;/m0../s1. The Morgan fingerprint density at radius 1 is 1.19 bits per heavy atom. The van der Waals surface area contributed by atoms with Crippen molar-refractivity contribution in [1.82, 2.24) is 15.6 Å². The van der Waals surface area contributed by atoms with Gasteiger partial charge in [-0.3, -0.25) is 9.35 Å². The number of methoxy groups -OCH3 is 1. The van der Waals surface area contributed by atoms with Crippen molar-refractivity contribution in [2.45, 2.75) is 30.1 Å². The summed E-state index contributed by atoms with van der Waals surface area (Å²) in [5.41, 5.74) is 4.15.